The van der Waals surface area contributed by atoms with Crippen LogP contribution in [0.2, 0.25) is 0 Å². The number of hydrogen-bond acceptors (Lipinski definition) is 5. The molecule has 3 aromatic rings. The van der Waals surface area contributed by atoms with E-state index in [2.05, 4.69) is 5.32 Å². The van der Waals surface area contributed by atoms with Gasteiger partial charge in [0, 0.05) is 16.9 Å². The van der Waals surface area contributed by atoms with Crippen molar-refractivity contribution in [3.8, 4) is 0 Å². The summed E-state index contributed by atoms with van der Waals surface area (Å²) in [7, 11) is -4.05. The molecule has 1 amide bonds. The van der Waals surface area contributed by atoms with E-state index in [1.807, 2.05) is 0 Å². The van der Waals surface area contributed by atoms with Crippen molar-refractivity contribution < 1.29 is 18.0 Å². The monoisotopic (exact) mass is 438 g/mol. The van der Waals surface area contributed by atoms with E-state index in [1.54, 1.807) is 56.3 Å². The van der Waals surface area contributed by atoms with Crippen LogP contribution >= 0.6 is 0 Å². The zero-order valence-corrected chi connectivity index (χ0v) is 18.2. The molecule has 0 aliphatic rings. The largest absolute Gasteiger partial charge is 0.325 e. The van der Waals surface area contributed by atoms with Crippen LogP contribution in [0.1, 0.15) is 28.5 Å². The maximum Gasteiger partial charge on any atom is 0.270 e. The zero-order chi connectivity index (χ0) is 22.8. The van der Waals surface area contributed by atoms with Crippen molar-refractivity contribution in [2.45, 2.75) is 37.1 Å². The number of aryl methyl sites for hydroxylation is 2. The number of aromatic nitrogens is 1. The summed E-state index contributed by atoms with van der Waals surface area (Å²) in [5.74, 6) is -0.657. The van der Waals surface area contributed by atoms with Gasteiger partial charge in [0.2, 0.25) is 15.7 Å². The lowest BCUT2D eigenvalue weighted by Crippen LogP contribution is -2.33. The van der Waals surface area contributed by atoms with Crippen LogP contribution in [0.25, 0.3) is 0 Å². The Morgan fingerprint density at radius 3 is 2.29 bits per heavy atom. The minimum absolute atomic E-state index is 0.0103. The molecule has 0 saturated carbocycles. The molecule has 1 aromatic heterocycles. The Kier molecular flexibility index (Phi) is 6.21. The number of sulfone groups is 1. The Hall–Kier alpha value is -3.52. The average molecular weight is 439 g/mol. The first-order valence-electron chi connectivity index (χ1n) is 9.53. The van der Waals surface area contributed by atoms with Crippen LogP contribution in [0.3, 0.4) is 0 Å². The number of pyridine rings is 1. The van der Waals surface area contributed by atoms with Gasteiger partial charge in [-0.15, -0.1) is 0 Å². The summed E-state index contributed by atoms with van der Waals surface area (Å²) in [6, 6.07) is 15.7. The fraction of sp³-hybridized carbons (Fsp3) is 0.174. The van der Waals surface area contributed by atoms with Gasteiger partial charge in [-0.1, -0.05) is 30.3 Å². The molecule has 0 aliphatic heterocycles. The number of nitrogens with one attached hydrogen (secondary N) is 1. The summed E-state index contributed by atoms with van der Waals surface area (Å²) < 4.78 is 27.3. The van der Waals surface area contributed by atoms with Crippen molar-refractivity contribution in [2.75, 3.05) is 5.32 Å². The maximum absolute atomic E-state index is 13.1. The van der Waals surface area contributed by atoms with Crippen LogP contribution in [0.15, 0.2) is 75.2 Å². The minimum Gasteiger partial charge on any atom is -0.325 e. The molecular weight excluding hydrogens is 416 g/mol. The standard InChI is InChI=1S/C23H22N2O5S/c1-15-12-16(2)25(14-21(27)24-19-9-7-8-18(13-19)17(3)26)23(28)22(15)31(29,30)20-10-5-4-6-11-20/h4-13H,14H2,1-3H3,(H,24,27). The number of hydrogen-bond donors (Lipinski definition) is 1. The number of amides is 1. The predicted molar refractivity (Wildman–Crippen MR) is 117 cm³/mol. The molecule has 0 radical (unpaired) electrons. The van der Waals surface area contributed by atoms with Crippen molar-refractivity contribution >= 4 is 27.2 Å². The van der Waals surface area contributed by atoms with E-state index in [4.69, 9.17) is 0 Å². The van der Waals surface area contributed by atoms with E-state index in [0.29, 0.717) is 22.5 Å². The molecule has 1 heterocycles. The third-order valence-corrected chi connectivity index (χ3v) is 6.75. The normalized spacial score (nSPS) is 11.2. The lowest BCUT2D eigenvalue weighted by atomic mass is 10.1. The van der Waals surface area contributed by atoms with Crippen molar-refractivity contribution in [3.05, 3.63) is 87.8 Å². The third kappa shape index (κ3) is 4.64. The van der Waals surface area contributed by atoms with E-state index < -0.39 is 21.3 Å². The molecule has 0 bridgehead atoms. The second kappa shape index (κ2) is 8.69. The number of carbonyl (C=O) groups excluding carboxylic acids is 2. The van der Waals surface area contributed by atoms with Gasteiger partial charge in [-0.3, -0.25) is 14.4 Å². The van der Waals surface area contributed by atoms with Crippen LogP contribution in [0.4, 0.5) is 5.69 Å². The molecule has 160 valence electrons. The zero-order valence-electron chi connectivity index (χ0n) is 17.4. The molecule has 7 nitrogen and oxygen atoms in total. The van der Waals surface area contributed by atoms with Gasteiger partial charge in [-0.25, -0.2) is 8.42 Å². The third-order valence-electron chi connectivity index (χ3n) is 4.83. The first kappa shape index (κ1) is 22.2. The average Bonchev–Trinajstić information content (AvgIpc) is 2.71. The molecule has 1 N–H and O–H groups in total. The Morgan fingerprint density at radius 1 is 0.968 bits per heavy atom. The van der Waals surface area contributed by atoms with E-state index in [1.165, 1.54) is 25.1 Å². The fourth-order valence-corrected chi connectivity index (χ4v) is 4.88. The van der Waals surface area contributed by atoms with E-state index in [9.17, 15) is 22.8 Å². The quantitative estimate of drug-likeness (QED) is 0.596. The highest BCUT2D eigenvalue weighted by Gasteiger charge is 2.26. The smallest absolute Gasteiger partial charge is 0.270 e. The summed E-state index contributed by atoms with van der Waals surface area (Å²) in [5.41, 5.74) is 0.874. The molecule has 31 heavy (non-hydrogen) atoms. The predicted octanol–water partition coefficient (Wildman–Crippen LogP) is 3.14. The summed E-state index contributed by atoms with van der Waals surface area (Å²) in [5, 5.41) is 2.64. The first-order chi connectivity index (χ1) is 14.6. The summed E-state index contributed by atoms with van der Waals surface area (Å²) in [6.45, 7) is 4.25. The van der Waals surface area contributed by atoms with E-state index >= 15 is 0 Å². The van der Waals surface area contributed by atoms with Gasteiger partial charge >= 0.3 is 0 Å². The second-order valence-corrected chi connectivity index (χ2v) is 9.08. The van der Waals surface area contributed by atoms with E-state index in [-0.39, 0.29) is 22.1 Å². The van der Waals surface area contributed by atoms with Gasteiger partial charge < -0.3 is 9.88 Å². The van der Waals surface area contributed by atoms with Gasteiger partial charge in [0.15, 0.2) is 5.78 Å². The lowest BCUT2D eigenvalue weighted by molar-refractivity contribution is -0.116. The first-order valence-corrected chi connectivity index (χ1v) is 11.0. The Labute approximate surface area is 180 Å². The Bertz CT molecular complexity index is 1330. The molecule has 3 rings (SSSR count). The van der Waals surface area contributed by atoms with Crippen LogP contribution in [0, 0.1) is 13.8 Å². The van der Waals surface area contributed by atoms with Crippen molar-refractivity contribution in [3.63, 3.8) is 0 Å². The lowest BCUT2D eigenvalue weighted by Gasteiger charge is -2.15. The summed E-state index contributed by atoms with van der Waals surface area (Å²) in [6.07, 6.45) is 0. The van der Waals surface area contributed by atoms with Crippen LogP contribution < -0.4 is 10.9 Å². The number of carbonyl (C=O) groups is 2. The highest BCUT2D eigenvalue weighted by atomic mass is 32.2. The number of Topliss-reactive ketones (excluding diaryl/α,β-unsaturated/α-hetero) is 1. The van der Waals surface area contributed by atoms with Crippen LogP contribution in [-0.2, 0) is 21.2 Å². The van der Waals surface area contributed by atoms with Gasteiger partial charge in [0.1, 0.15) is 11.4 Å². The summed E-state index contributed by atoms with van der Waals surface area (Å²) in [4.78, 5) is 36.9. The number of anilines is 1. The topological polar surface area (TPSA) is 102 Å². The van der Waals surface area contributed by atoms with Gasteiger partial charge in [-0.05, 0) is 56.7 Å². The number of rotatable bonds is 6. The Morgan fingerprint density at radius 2 is 1.65 bits per heavy atom. The SMILES string of the molecule is CC(=O)c1cccc(NC(=O)Cn2c(C)cc(C)c(S(=O)(=O)c3ccccc3)c2=O)c1. The molecule has 0 aliphatic carbocycles. The highest BCUT2D eigenvalue weighted by Crippen LogP contribution is 2.21. The fourth-order valence-electron chi connectivity index (χ4n) is 3.31. The van der Waals surface area contributed by atoms with Crippen LogP contribution in [-0.4, -0.2) is 24.7 Å². The molecule has 0 saturated heterocycles. The maximum atomic E-state index is 13.1. The van der Waals surface area contributed by atoms with Crippen LogP contribution in [0.5, 0.6) is 0 Å². The van der Waals surface area contributed by atoms with Gasteiger partial charge in [-0.2, -0.15) is 0 Å². The van der Waals surface area contributed by atoms with Gasteiger partial charge in [0.05, 0.1) is 4.90 Å². The number of nitrogens with zero attached hydrogens (tertiary/aromatic N) is 1. The molecule has 0 fully saturated rings. The highest BCUT2D eigenvalue weighted by molar-refractivity contribution is 7.91. The molecule has 0 atom stereocenters. The molecular formula is C23H22N2O5S. The number of ketones is 1. The van der Waals surface area contributed by atoms with Gasteiger partial charge in [0.25, 0.3) is 5.56 Å². The summed E-state index contributed by atoms with van der Waals surface area (Å²) >= 11 is 0. The molecule has 8 heteroatoms. The molecule has 0 spiro atoms. The second-order valence-electron chi connectivity index (χ2n) is 7.19. The molecule has 0 unspecified atom stereocenters. The van der Waals surface area contributed by atoms with Crippen molar-refractivity contribution in [1.29, 1.82) is 0 Å². The minimum atomic E-state index is -4.05. The Balaban J connectivity index is 1.97. The molecule has 2 aromatic carbocycles. The number of benzene rings is 2. The van der Waals surface area contributed by atoms with Crippen molar-refractivity contribution in [2.24, 2.45) is 0 Å². The van der Waals surface area contributed by atoms with E-state index in [0.717, 1.165) is 4.57 Å². The van der Waals surface area contributed by atoms with Crippen molar-refractivity contribution in [1.82, 2.24) is 4.57 Å².